The van der Waals surface area contributed by atoms with E-state index in [9.17, 15) is 9.18 Å². The average molecular weight is 736 g/mol. The Morgan fingerprint density at radius 2 is 1.71 bits per heavy atom. The number of ether oxygens (including phenoxy) is 4. The van der Waals surface area contributed by atoms with E-state index in [1.54, 1.807) is 30.3 Å². The topological polar surface area (TPSA) is 89.5 Å². The van der Waals surface area contributed by atoms with Crippen LogP contribution >= 0.6 is 11.6 Å². The molecule has 5 heterocycles. The fourth-order valence-electron chi connectivity index (χ4n) is 8.78. The molecule has 2 atom stereocenters. The van der Waals surface area contributed by atoms with Gasteiger partial charge in [-0.2, -0.15) is 9.97 Å². The van der Waals surface area contributed by atoms with Crippen LogP contribution in [0, 0.1) is 11.6 Å². The van der Waals surface area contributed by atoms with Crippen LogP contribution in [0.15, 0.2) is 36.4 Å². The van der Waals surface area contributed by atoms with Crippen LogP contribution in [-0.4, -0.2) is 95.8 Å². The van der Waals surface area contributed by atoms with Gasteiger partial charge in [-0.1, -0.05) is 23.7 Å². The van der Waals surface area contributed by atoms with Crippen LogP contribution in [0.1, 0.15) is 59.3 Å². The van der Waals surface area contributed by atoms with Gasteiger partial charge in [0.25, 0.3) is 0 Å². The Morgan fingerprint density at radius 1 is 0.981 bits per heavy atom. The van der Waals surface area contributed by atoms with Crippen LogP contribution in [0.5, 0.6) is 11.8 Å². The molecule has 13 heteroatoms. The summed E-state index contributed by atoms with van der Waals surface area (Å²) >= 11 is 6.55. The lowest BCUT2D eigenvalue weighted by molar-refractivity contribution is 0.0122. The molecule has 1 amide bonds. The van der Waals surface area contributed by atoms with Gasteiger partial charge in [-0.05, 0) is 108 Å². The third kappa shape index (κ3) is 6.26. The summed E-state index contributed by atoms with van der Waals surface area (Å²) in [7, 11) is 1.51. The quantitative estimate of drug-likeness (QED) is 0.167. The van der Waals surface area contributed by atoms with Crippen LogP contribution in [0.25, 0.3) is 32.8 Å². The van der Waals surface area contributed by atoms with Crippen molar-refractivity contribution in [2.24, 2.45) is 0 Å². The molecule has 8 rings (SSSR count). The molecule has 1 aromatic heterocycles. The summed E-state index contributed by atoms with van der Waals surface area (Å²) in [6.07, 6.45) is 5.63. The van der Waals surface area contributed by atoms with Crippen molar-refractivity contribution >= 4 is 45.2 Å². The number of nitrogens with zero attached hydrogens (tertiary/aromatic N) is 5. The average Bonchev–Trinajstić information content (AvgIpc) is 3.77. The highest BCUT2D eigenvalue weighted by atomic mass is 35.5. The second-order valence-corrected chi connectivity index (χ2v) is 15.9. The van der Waals surface area contributed by atoms with Crippen molar-refractivity contribution in [2.45, 2.75) is 82.5 Å². The van der Waals surface area contributed by atoms with Crippen LogP contribution in [0.2, 0.25) is 5.02 Å². The fourth-order valence-corrected chi connectivity index (χ4v) is 9.05. The normalized spacial score (nSPS) is 21.3. The first-order chi connectivity index (χ1) is 24.9. The predicted octanol–water partition coefficient (Wildman–Crippen LogP) is 7.96. The van der Waals surface area contributed by atoms with Crippen LogP contribution in [0.4, 0.5) is 19.4 Å². The Morgan fingerprint density at radius 3 is 2.40 bits per heavy atom. The summed E-state index contributed by atoms with van der Waals surface area (Å²) < 4.78 is 55.2. The largest absolute Gasteiger partial charge is 0.468 e. The highest BCUT2D eigenvalue weighted by Crippen LogP contribution is 2.44. The Bertz CT molecular complexity index is 2020. The number of halogens is 3. The van der Waals surface area contributed by atoms with Gasteiger partial charge in [-0.25, -0.2) is 13.6 Å². The van der Waals surface area contributed by atoms with Crippen LogP contribution < -0.4 is 14.4 Å². The molecule has 276 valence electrons. The number of carbonyl (C=O) groups excluding carboxylic acids is 1. The van der Waals surface area contributed by atoms with Gasteiger partial charge in [-0.3, -0.25) is 9.80 Å². The molecule has 10 nitrogen and oxygen atoms in total. The summed E-state index contributed by atoms with van der Waals surface area (Å²) in [5.74, 6) is -0.276. The van der Waals surface area contributed by atoms with E-state index in [0.29, 0.717) is 53.0 Å². The lowest BCUT2D eigenvalue weighted by Crippen LogP contribution is -2.57. The molecular weight excluding hydrogens is 692 g/mol. The van der Waals surface area contributed by atoms with E-state index in [0.717, 1.165) is 51.6 Å². The van der Waals surface area contributed by atoms with Crippen LogP contribution in [0.3, 0.4) is 0 Å². The van der Waals surface area contributed by atoms with E-state index in [-0.39, 0.29) is 52.6 Å². The minimum absolute atomic E-state index is 0.0283. The second kappa shape index (κ2) is 13.4. The summed E-state index contributed by atoms with van der Waals surface area (Å²) in [6, 6.07) is 9.59. The minimum Gasteiger partial charge on any atom is -0.468 e. The van der Waals surface area contributed by atoms with Gasteiger partial charge in [0, 0.05) is 36.5 Å². The van der Waals surface area contributed by atoms with Crippen molar-refractivity contribution in [2.75, 3.05) is 51.6 Å². The van der Waals surface area contributed by atoms with E-state index in [1.165, 1.54) is 13.2 Å². The second-order valence-electron chi connectivity index (χ2n) is 15.5. The van der Waals surface area contributed by atoms with Crippen molar-refractivity contribution < 1.29 is 32.5 Å². The highest BCUT2D eigenvalue weighted by molar-refractivity contribution is 6.37. The molecule has 4 aliphatic rings. The van der Waals surface area contributed by atoms with Gasteiger partial charge in [0.2, 0.25) is 0 Å². The molecule has 4 fully saturated rings. The Balaban J connectivity index is 1.23. The first kappa shape index (κ1) is 35.1. The van der Waals surface area contributed by atoms with Gasteiger partial charge in [0.1, 0.15) is 35.1 Å². The third-order valence-corrected chi connectivity index (χ3v) is 11.4. The minimum atomic E-state index is -0.617. The first-order valence-corrected chi connectivity index (χ1v) is 18.5. The molecule has 0 radical (unpaired) electrons. The molecular formula is C39H44ClF2N5O5. The Hall–Kier alpha value is -4.00. The molecule has 4 aromatic rings. The maximum atomic E-state index is 17.2. The van der Waals surface area contributed by atoms with E-state index in [2.05, 4.69) is 9.80 Å². The summed E-state index contributed by atoms with van der Waals surface area (Å²) in [4.78, 5) is 29.4. The number of hydrogen-bond donors (Lipinski definition) is 0. The molecule has 0 N–H and O–H groups in total. The van der Waals surface area contributed by atoms with Gasteiger partial charge >= 0.3 is 12.1 Å². The first-order valence-electron chi connectivity index (χ1n) is 18.1. The predicted molar refractivity (Wildman–Crippen MR) is 195 cm³/mol. The van der Waals surface area contributed by atoms with Crippen molar-refractivity contribution in [1.82, 2.24) is 19.8 Å². The maximum absolute atomic E-state index is 17.2. The van der Waals surface area contributed by atoms with E-state index in [4.69, 9.17) is 40.5 Å². The zero-order chi connectivity index (χ0) is 36.4. The Labute approximate surface area is 306 Å². The molecule has 4 aliphatic heterocycles. The number of benzene rings is 3. The highest BCUT2D eigenvalue weighted by Gasteiger charge is 2.46. The van der Waals surface area contributed by atoms with E-state index in [1.807, 2.05) is 25.7 Å². The maximum Gasteiger partial charge on any atom is 0.410 e. The fraction of sp³-hybridized carbons (Fsp3) is 0.513. The number of anilines is 1. The number of carbonyl (C=O) groups is 1. The van der Waals surface area contributed by atoms with Crippen molar-refractivity contribution in [3.63, 3.8) is 0 Å². The monoisotopic (exact) mass is 735 g/mol. The molecule has 2 bridgehead atoms. The molecule has 0 saturated carbocycles. The zero-order valence-corrected chi connectivity index (χ0v) is 30.8. The standard InChI is InChI=1S/C39H44ClF2N5O5/c1-38(2,3)52-37(48)47-24-8-9-25(47)20-45(19-24)35-28-11-10-27(29-18-26(51-22-49-4)17-23-7-12-30(41)32(40)31(23)29)33(42)34(28)43-36(44-35)50-21-39-13-5-15-46(39)16-6-14-39/h7,10-12,17-18,24-25H,5-6,8-9,13-16,19-22H2,1-4H3/t24-,25+. The lowest BCUT2D eigenvalue weighted by atomic mass is 9.95. The molecule has 0 unspecified atom stereocenters. The Kier molecular flexibility index (Phi) is 9.06. The number of rotatable bonds is 8. The van der Waals surface area contributed by atoms with Crippen molar-refractivity contribution in [3.8, 4) is 22.9 Å². The third-order valence-electron chi connectivity index (χ3n) is 11.0. The van der Waals surface area contributed by atoms with Crippen molar-refractivity contribution in [1.29, 1.82) is 0 Å². The van der Waals surface area contributed by atoms with Crippen molar-refractivity contribution in [3.05, 3.63) is 53.1 Å². The number of amides is 1. The summed E-state index contributed by atoms with van der Waals surface area (Å²) in [6.45, 7) is 9.07. The van der Waals surface area contributed by atoms with E-state index < -0.39 is 17.2 Å². The smallest absolute Gasteiger partial charge is 0.410 e. The number of methoxy groups -OCH3 is 1. The number of hydrogen-bond acceptors (Lipinski definition) is 9. The summed E-state index contributed by atoms with van der Waals surface area (Å²) in [5.41, 5.74) is -0.0716. The summed E-state index contributed by atoms with van der Waals surface area (Å²) in [5, 5.41) is 1.32. The molecule has 0 aliphatic carbocycles. The van der Waals surface area contributed by atoms with Crippen LogP contribution in [-0.2, 0) is 9.47 Å². The number of aromatic nitrogens is 2. The zero-order valence-electron chi connectivity index (χ0n) is 30.0. The van der Waals surface area contributed by atoms with Gasteiger partial charge < -0.3 is 23.8 Å². The SMILES string of the molecule is COCOc1cc(-c2ccc3c(N4C[C@H]5CC[C@@H](C4)N5C(=O)OC(C)(C)C)nc(OCC45CCCN4CCC5)nc3c2F)c2c(Cl)c(F)ccc2c1. The van der Waals surface area contributed by atoms with E-state index >= 15 is 4.39 Å². The van der Waals surface area contributed by atoms with Gasteiger partial charge in [-0.15, -0.1) is 0 Å². The molecule has 4 saturated heterocycles. The molecule has 3 aromatic carbocycles. The number of fused-ring (bicyclic) bond motifs is 5. The molecule has 0 spiro atoms. The molecule has 52 heavy (non-hydrogen) atoms. The lowest BCUT2D eigenvalue weighted by Gasteiger charge is -2.42. The number of piperazine rings is 1. The van der Waals surface area contributed by atoms with Gasteiger partial charge in [0.05, 0.1) is 22.6 Å². The van der Waals surface area contributed by atoms with Gasteiger partial charge in [0.15, 0.2) is 12.6 Å².